The van der Waals surface area contributed by atoms with Crippen molar-refractivity contribution in [1.29, 1.82) is 0 Å². The average molecular weight is 259 g/mol. The molecule has 0 bridgehead atoms. The SMILES string of the molecule is CCCCC(NC=O)(C(=O)OCC)C(=O)OCC. The molecule has 0 aliphatic carbocycles. The standard InChI is InChI=1S/C12H21NO5/c1-4-7-8-12(13-9-14,10(15)17-5-2)11(16)18-6-3/h9H,4-8H2,1-3H3,(H,13,14). The Morgan fingerprint density at radius 1 is 1.11 bits per heavy atom. The molecule has 0 saturated carbocycles. The van der Waals surface area contributed by atoms with Gasteiger partial charge in [-0.15, -0.1) is 0 Å². The van der Waals surface area contributed by atoms with E-state index in [9.17, 15) is 14.4 Å². The minimum absolute atomic E-state index is 0.132. The maximum Gasteiger partial charge on any atom is 0.343 e. The van der Waals surface area contributed by atoms with Crippen LogP contribution in [0, 0.1) is 0 Å². The van der Waals surface area contributed by atoms with Crippen molar-refractivity contribution in [2.75, 3.05) is 13.2 Å². The largest absolute Gasteiger partial charge is 0.464 e. The lowest BCUT2D eigenvalue weighted by molar-refractivity contribution is -0.167. The van der Waals surface area contributed by atoms with Gasteiger partial charge in [-0.2, -0.15) is 0 Å². The number of esters is 2. The maximum absolute atomic E-state index is 11.9. The van der Waals surface area contributed by atoms with Gasteiger partial charge in [-0.05, 0) is 20.3 Å². The fourth-order valence-electron chi connectivity index (χ4n) is 1.53. The summed E-state index contributed by atoms with van der Waals surface area (Å²) in [7, 11) is 0. The van der Waals surface area contributed by atoms with Gasteiger partial charge in [-0.3, -0.25) is 4.79 Å². The van der Waals surface area contributed by atoms with E-state index in [-0.39, 0.29) is 19.6 Å². The van der Waals surface area contributed by atoms with Crippen molar-refractivity contribution in [3.05, 3.63) is 0 Å². The molecule has 0 unspecified atom stereocenters. The van der Waals surface area contributed by atoms with Crippen molar-refractivity contribution in [2.24, 2.45) is 0 Å². The number of carbonyl (C=O) groups excluding carboxylic acids is 3. The van der Waals surface area contributed by atoms with E-state index in [0.717, 1.165) is 6.42 Å². The summed E-state index contributed by atoms with van der Waals surface area (Å²) in [4.78, 5) is 34.5. The summed E-state index contributed by atoms with van der Waals surface area (Å²) in [5, 5.41) is 2.27. The molecule has 1 N–H and O–H groups in total. The van der Waals surface area contributed by atoms with Crippen molar-refractivity contribution in [3.8, 4) is 0 Å². The fraction of sp³-hybridized carbons (Fsp3) is 0.750. The van der Waals surface area contributed by atoms with Crippen molar-refractivity contribution < 1.29 is 23.9 Å². The predicted octanol–water partition coefficient (Wildman–Crippen LogP) is 0.788. The molecule has 0 aliphatic heterocycles. The normalized spacial score (nSPS) is 10.6. The maximum atomic E-state index is 11.9. The van der Waals surface area contributed by atoms with E-state index in [1.807, 2.05) is 6.92 Å². The second-order valence-electron chi connectivity index (χ2n) is 3.71. The molecule has 18 heavy (non-hydrogen) atoms. The zero-order valence-electron chi connectivity index (χ0n) is 11.2. The summed E-state index contributed by atoms with van der Waals surface area (Å²) in [5.74, 6) is -1.55. The highest BCUT2D eigenvalue weighted by atomic mass is 16.6. The van der Waals surface area contributed by atoms with Gasteiger partial charge in [0, 0.05) is 0 Å². The first-order valence-electron chi connectivity index (χ1n) is 6.14. The Hall–Kier alpha value is -1.59. The molecule has 0 aromatic heterocycles. The third kappa shape index (κ3) is 4.01. The number of amides is 1. The molecular weight excluding hydrogens is 238 g/mol. The molecule has 0 fully saturated rings. The summed E-state index contributed by atoms with van der Waals surface area (Å²) < 4.78 is 9.73. The van der Waals surface area contributed by atoms with E-state index in [1.165, 1.54) is 0 Å². The Morgan fingerprint density at radius 2 is 1.61 bits per heavy atom. The highest BCUT2D eigenvalue weighted by Gasteiger charge is 2.48. The Balaban J connectivity index is 5.18. The lowest BCUT2D eigenvalue weighted by atomic mass is 9.92. The van der Waals surface area contributed by atoms with E-state index in [1.54, 1.807) is 13.8 Å². The Bertz CT molecular complexity index is 272. The van der Waals surface area contributed by atoms with E-state index < -0.39 is 17.5 Å². The van der Waals surface area contributed by atoms with Crippen LogP contribution in [0.1, 0.15) is 40.0 Å². The quantitative estimate of drug-likeness (QED) is 0.376. The number of hydrogen-bond donors (Lipinski definition) is 1. The lowest BCUT2D eigenvalue weighted by Crippen LogP contribution is -2.59. The first-order valence-corrected chi connectivity index (χ1v) is 6.14. The monoisotopic (exact) mass is 259 g/mol. The average Bonchev–Trinajstić information content (AvgIpc) is 2.35. The van der Waals surface area contributed by atoms with Crippen LogP contribution in [-0.2, 0) is 23.9 Å². The molecule has 0 saturated heterocycles. The van der Waals surface area contributed by atoms with Crippen LogP contribution in [0.3, 0.4) is 0 Å². The summed E-state index contributed by atoms with van der Waals surface area (Å²) in [6.45, 7) is 5.45. The predicted molar refractivity (Wildman–Crippen MR) is 64.7 cm³/mol. The number of rotatable bonds is 9. The van der Waals surface area contributed by atoms with Gasteiger partial charge in [0.25, 0.3) is 0 Å². The number of carbonyl (C=O) groups is 3. The van der Waals surface area contributed by atoms with E-state index in [2.05, 4.69) is 5.32 Å². The molecular formula is C12H21NO5. The molecule has 6 nitrogen and oxygen atoms in total. The van der Waals surface area contributed by atoms with Crippen LogP contribution in [0.15, 0.2) is 0 Å². The number of ether oxygens (including phenoxy) is 2. The topological polar surface area (TPSA) is 81.7 Å². The van der Waals surface area contributed by atoms with Gasteiger partial charge in [0.05, 0.1) is 13.2 Å². The van der Waals surface area contributed by atoms with Crippen molar-refractivity contribution >= 4 is 18.3 Å². The summed E-state index contributed by atoms with van der Waals surface area (Å²) >= 11 is 0. The van der Waals surface area contributed by atoms with E-state index in [0.29, 0.717) is 12.8 Å². The molecule has 0 aromatic rings. The van der Waals surface area contributed by atoms with Crippen LogP contribution in [0.5, 0.6) is 0 Å². The van der Waals surface area contributed by atoms with Crippen LogP contribution in [0.2, 0.25) is 0 Å². The molecule has 6 heteroatoms. The molecule has 0 rings (SSSR count). The van der Waals surface area contributed by atoms with Crippen LogP contribution >= 0.6 is 0 Å². The van der Waals surface area contributed by atoms with Gasteiger partial charge >= 0.3 is 11.9 Å². The van der Waals surface area contributed by atoms with Crippen LogP contribution < -0.4 is 5.32 Å². The molecule has 104 valence electrons. The third-order valence-electron chi connectivity index (χ3n) is 2.46. The molecule has 0 atom stereocenters. The molecule has 0 radical (unpaired) electrons. The third-order valence-corrected chi connectivity index (χ3v) is 2.46. The first kappa shape index (κ1) is 16.4. The highest BCUT2D eigenvalue weighted by Crippen LogP contribution is 2.18. The highest BCUT2D eigenvalue weighted by molar-refractivity contribution is 6.06. The Kier molecular flexibility index (Phi) is 7.74. The zero-order chi connectivity index (χ0) is 14.0. The number of nitrogens with one attached hydrogen (secondary N) is 1. The van der Waals surface area contributed by atoms with Crippen molar-refractivity contribution in [2.45, 2.75) is 45.6 Å². The molecule has 0 aliphatic rings. The summed E-state index contributed by atoms with van der Waals surface area (Å²) in [5.41, 5.74) is -1.72. The molecule has 0 aromatic carbocycles. The van der Waals surface area contributed by atoms with Gasteiger partial charge in [-0.25, -0.2) is 9.59 Å². The number of hydrogen-bond acceptors (Lipinski definition) is 5. The van der Waals surface area contributed by atoms with Crippen LogP contribution in [0.25, 0.3) is 0 Å². The van der Waals surface area contributed by atoms with Crippen molar-refractivity contribution in [3.63, 3.8) is 0 Å². The Morgan fingerprint density at radius 3 is 1.94 bits per heavy atom. The molecule has 1 amide bonds. The van der Waals surface area contributed by atoms with E-state index in [4.69, 9.17) is 9.47 Å². The first-order chi connectivity index (χ1) is 8.58. The smallest absolute Gasteiger partial charge is 0.343 e. The summed E-state index contributed by atoms with van der Waals surface area (Å²) in [6, 6.07) is 0. The fourth-order valence-corrected chi connectivity index (χ4v) is 1.53. The molecule has 0 spiro atoms. The van der Waals surface area contributed by atoms with Gasteiger partial charge in [0.2, 0.25) is 11.9 Å². The van der Waals surface area contributed by atoms with Crippen LogP contribution in [-0.4, -0.2) is 37.1 Å². The molecule has 0 heterocycles. The lowest BCUT2D eigenvalue weighted by Gasteiger charge is -2.28. The van der Waals surface area contributed by atoms with Gasteiger partial charge in [0.15, 0.2) is 0 Å². The second-order valence-corrected chi connectivity index (χ2v) is 3.71. The van der Waals surface area contributed by atoms with Gasteiger partial charge < -0.3 is 14.8 Å². The zero-order valence-corrected chi connectivity index (χ0v) is 11.2. The minimum atomic E-state index is -1.72. The van der Waals surface area contributed by atoms with Gasteiger partial charge in [-0.1, -0.05) is 19.8 Å². The second kappa shape index (κ2) is 8.49. The van der Waals surface area contributed by atoms with Crippen molar-refractivity contribution in [1.82, 2.24) is 5.32 Å². The van der Waals surface area contributed by atoms with E-state index >= 15 is 0 Å². The Labute approximate surface area is 107 Å². The number of unbranched alkanes of at least 4 members (excludes halogenated alkanes) is 1. The summed E-state index contributed by atoms with van der Waals surface area (Å²) in [6.07, 6.45) is 1.86. The van der Waals surface area contributed by atoms with Crippen LogP contribution in [0.4, 0.5) is 0 Å². The van der Waals surface area contributed by atoms with Gasteiger partial charge in [0.1, 0.15) is 0 Å². The minimum Gasteiger partial charge on any atom is -0.464 e.